The first kappa shape index (κ1) is 10.5. The van der Waals surface area contributed by atoms with Crippen molar-refractivity contribution in [2.45, 2.75) is 38.8 Å². The molecule has 1 heterocycles. The van der Waals surface area contributed by atoms with Crippen LogP contribution in [-0.4, -0.2) is 6.04 Å². The van der Waals surface area contributed by atoms with Crippen molar-refractivity contribution in [3.8, 4) is 0 Å². The van der Waals surface area contributed by atoms with Crippen LogP contribution in [0.25, 0.3) is 0 Å². The maximum Gasteiger partial charge on any atom is 0.0931 e. The fourth-order valence-corrected chi connectivity index (χ4v) is 2.93. The zero-order valence-electron chi connectivity index (χ0n) is 8.59. The topological polar surface area (TPSA) is 12.0 Å². The minimum absolute atomic E-state index is 0.502. The van der Waals surface area contributed by atoms with E-state index in [2.05, 4.69) is 25.2 Å². The summed E-state index contributed by atoms with van der Waals surface area (Å²) in [4.78, 5) is 1.37. The molecule has 0 radical (unpaired) electrons. The van der Waals surface area contributed by atoms with Gasteiger partial charge < -0.3 is 5.32 Å². The molecule has 1 aliphatic rings. The van der Waals surface area contributed by atoms with Gasteiger partial charge in [-0.15, -0.1) is 11.3 Å². The third kappa shape index (κ3) is 2.30. The normalized spacial score (nSPS) is 27.6. The molecule has 1 aromatic heterocycles. The molecule has 14 heavy (non-hydrogen) atoms. The van der Waals surface area contributed by atoms with E-state index < -0.39 is 0 Å². The van der Waals surface area contributed by atoms with Crippen molar-refractivity contribution in [1.82, 2.24) is 5.32 Å². The average Bonchev–Trinajstić information content (AvgIpc) is 2.66. The predicted molar refractivity (Wildman–Crippen MR) is 63.1 cm³/mol. The summed E-state index contributed by atoms with van der Waals surface area (Å²) in [6, 6.07) is 5.37. The number of rotatable bonds is 4. The van der Waals surface area contributed by atoms with E-state index in [1.165, 1.54) is 11.3 Å². The van der Waals surface area contributed by atoms with Gasteiger partial charge in [0.1, 0.15) is 0 Å². The third-order valence-electron chi connectivity index (χ3n) is 2.87. The van der Waals surface area contributed by atoms with Gasteiger partial charge in [0.05, 0.1) is 4.34 Å². The molecule has 2 rings (SSSR count). The van der Waals surface area contributed by atoms with Gasteiger partial charge >= 0.3 is 0 Å². The molecule has 78 valence electrons. The van der Waals surface area contributed by atoms with E-state index in [0.717, 1.165) is 22.7 Å². The second-order valence-electron chi connectivity index (χ2n) is 4.09. The van der Waals surface area contributed by atoms with Gasteiger partial charge in [0.15, 0.2) is 0 Å². The smallest absolute Gasteiger partial charge is 0.0931 e. The minimum Gasteiger partial charge on any atom is -0.306 e. The van der Waals surface area contributed by atoms with Crippen molar-refractivity contribution in [2.24, 2.45) is 5.92 Å². The summed E-state index contributed by atoms with van der Waals surface area (Å²) >= 11 is 7.63. The van der Waals surface area contributed by atoms with Crippen LogP contribution in [0.3, 0.4) is 0 Å². The molecule has 0 aromatic carbocycles. The Morgan fingerprint density at radius 1 is 1.64 bits per heavy atom. The predicted octanol–water partition coefficient (Wildman–Crippen LogP) is 3.85. The van der Waals surface area contributed by atoms with Crippen LogP contribution in [0, 0.1) is 5.92 Å². The van der Waals surface area contributed by atoms with Gasteiger partial charge in [0.25, 0.3) is 0 Å². The standard InChI is InChI=1S/C11H16ClNS/c1-3-8(13-9-6-7(9)2)10-4-5-11(12)14-10/h4-5,7-9,13H,3,6H2,1-2H3. The fraction of sp³-hybridized carbons (Fsp3) is 0.636. The molecule has 1 fully saturated rings. The van der Waals surface area contributed by atoms with Crippen LogP contribution in [0.4, 0.5) is 0 Å². The van der Waals surface area contributed by atoms with E-state index in [0.29, 0.717) is 6.04 Å². The van der Waals surface area contributed by atoms with Crippen LogP contribution < -0.4 is 5.32 Å². The highest BCUT2D eigenvalue weighted by Gasteiger charge is 2.34. The molecule has 1 nitrogen and oxygen atoms in total. The van der Waals surface area contributed by atoms with E-state index in [-0.39, 0.29) is 0 Å². The van der Waals surface area contributed by atoms with E-state index in [1.54, 1.807) is 11.3 Å². The average molecular weight is 230 g/mol. The van der Waals surface area contributed by atoms with Crippen LogP contribution in [-0.2, 0) is 0 Å². The zero-order chi connectivity index (χ0) is 10.1. The van der Waals surface area contributed by atoms with Gasteiger partial charge in [0, 0.05) is 17.0 Å². The Hall–Kier alpha value is -0.0500. The van der Waals surface area contributed by atoms with Crippen molar-refractivity contribution in [3.05, 3.63) is 21.3 Å². The second-order valence-corrected chi connectivity index (χ2v) is 5.84. The Bertz CT molecular complexity index is 310. The molecule has 3 atom stereocenters. The maximum atomic E-state index is 5.93. The number of thiophene rings is 1. The Balaban J connectivity index is 1.98. The van der Waals surface area contributed by atoms with Gasteiger partial charge in [-0.05, 0) is 30.9 Å². The lowest BCUT2D eigenvalue weighted by Crippen LogP contribution is -2.23. The van der Waals surface area contributed by atoms with Crippen molar-refractivity contribution >= 4 is 22.9 Å². The SMILES string of the molecule is CCC(NC1CC1C)c1ccc(Cl)s1. The minimum atomic E-state index is 0.502. The first-order valence-corrected chi connectivity index (χ1v) is 6.41. The number of hydrogen-bond donors (Lipinski definition) is 1. The fourth-order valence-electron chi connectivity index (χ4n) is 1.73. The van der Waals surface area contributed by atoms with Gasteiger partial charge in [0.2, 0.25) is 0 Å². The lowest BCUT2D eigenvalue weighted by molar-refractivity contribution is 0.509. The van der Waals surface area contributed by atoms with Crippen LogP contribution in [0.5, 0.6) is 0 Å². The summed E-state index contributed by atoms with van der Waals surface area (Å²) < 4.78 is 0.893. The summed E-state index contributed by atoms with van der Waals surface area (Å²) in [6.07, 6.45) is 2.47. The molecule has 1 N–H and O–H groups in total. The van der Waals surface area contributed by atoms with E-state index in [9.17, 15) is 0 Å². The molecule has 1 aromatic rings. The molecule has 3 heteroatoms. The Labute approximate surface area is 94.5 Å². The summed E-state index contributed by atoms with van der Waals surface area (Å²) in [7, 11) is 0. The highest BCUT2D eigenvalue weighted by molar-refractivity contribution is 7.16. The molecule has 0 saturated heterocycles. The lowest BCUT2D eigenvalue weighted by Gasteiger charge is -2.14. The molecule has 1 saturated carbocycles. The summed E-state index contributed by atoms with van der Waals surface area (Å²) in [5, 5.41) is 3.67. The molecule has 0 bridgehead atoms. The zero-order valence-corrected chi connectivity index (χ0v) is 10.2. The summed E-state index contributed by atoms with van der Waals surface area (Å²) in [5.41, 5.74) is 0. The molecule has 0 aliphatic heterocycles. The van der Waals surface area contributed by atoms with E-state index >= 15 is 0 Å². The molecule has 0 spiro atoms. The monoisotopic (exact) mass is 229 g/mol. The van der Waals surface area contributed by atoms with Gasteiger partial charge in [-0.25, -0.2) is 0 Å². The number of hydrogen-bond acceptors (Lipinski definition) is 2. The molecular formula is C11H16ClNS. The third-order valence-corrected chi connectivity index (χ3v) is 4.22. The molecular weight excluding hydrogens is 214 g/mol. The number of nitrogens with one attached hydrogen (secondary N) is 1. The van der Waals surface area contributed by atoms with Crippen molar-refractivity contribution in [2.75, 3.05) is 0 Å². The Kier molecular flexibility index (Phi) is 3.15. The highest BCUT2D eigenvalue weighted by Crippen LogP contribution is 2.35. The van der Waals surface area contributed by atoms with Crippen LogP contribution in [0.15, 0.2) is 12.1 Å². The van der Waals surface area contributed by atoms with Gasteiger partial charge in [-0.3, -0.25) is 0 Å². The largest absolute Gasteiger partial charge is 0.306 e. The van der Waals surface area contributed by atoms with Crippen molar-refractivity contribution in [1.29, 1.82) is 0 Å². The summed E-state index contributed by atoms with van der Waals surface area (Å²) in [6.45, 7) is 4.52. The van der Waals surface area contributed by atoms with Crippen LogP contribution in [0.2, 0.25) is 4.34 Å². The molecule has 0 amide bonds. The molecule has 1 aliphatic carbocycles. The van der Waals surface area contributed by atoms with E-state index in [1.807, 2.05) is 6.07 Å². The lowest BCUT2D eigenvalue weighted by atomic mass is 10.2. The van der Waals surface area contributed by atoms with Crippen LogP contribution in [0.1, 0.15) is 37.6 Å². The van der Waals surface area contributed by atoms with Gasteiger partial charge in [-0.2, -0.15) is 0 Å². The number of halogens is 1. The van der Waals surface area contributed by atoms with Crippen molar-refractivity contribution in [3.63, 3.8) is 0 Å². The highest BCUT2D eigenvalue weighted by atomic mass is 35.5. The molecule has 3 unspecified atom stereocenters. The first-order chi connectivity index (χ1) is 6.70. The Morgan fingerprint density at radius 2 is 2.36 bits per heavy atom. The van der Waals surface area contributed by atoms with Crippen molar-refractivity contribution < 1.29 is 0 Å². The Morgan fingerprint density at radius 3 is 2.79 bits per heavy atom. The maximum absolute atomic E-state index is 5.93. The van der Waals surface area contributed by atoms with Gasteiger partial charge in [-0.1, -0.05) is 25.4 Å². The second kappa shape index (κ2) is 4.21. The quantitative estimate of drug-likeness (QED) is 0.827. The van der Waals surface area contributed by atoms with Crippen LogP contribution >= 0.6 is 22.9 Å². The summed E-state index contributed by atoms with van der Waals surface area (Å²) in [5.74, 6) is 0.861. The first-order valence-electron chi connectivity index (χ1n) is 5.22. The van der Waals surface area contributed by atoms with E-state index in [4.69, 9.17) is 11.6 Å².